The molecule has 0 spiro atoms. The van der Waals surface area contributed by atoms with Crippen LogP contribution in [0.15, 0.2) is 70.7 Å². The van der Waals surface area contributed by atoms with Crippen LogP contribution < -0.4 is 16.2 Å². The molecule has 0 saturated carbocycles. The predicted molar refractivity (Wildman–Crippen MR) is 140 cm³/mol. The summed E-state index contributed by atoms with van der Waals surface area (Å²) >= 11 is 0. The molecule has 3 aromatic rings. The molecule has 37 heavy (non-hydrogen) atoms. The SMILES string of the molecule is Cc1noc(-c2ccccc2)c1CN1CCC[C@@H](NC(=O)N2CCC3=C(C2)C(c2ccncc2)NN3)C1. The van der Waals surface area contributed by atoms with Crippen molar-refractivity contribution in [3.05, 3.63) is 82.9 Å². The largest absolute Gasteiger partial charge is 0.356 e. The zero-order valence-corrected chi connectivity index (χ0v) is 21.1. The Labute approximate surface area is 216 Å². The Morgan fingerprint density at radius 3 is 2.84 bits per heavy atom. The lowest BCUT2D eigenvalue weighted by atomic mass is 9.96. The summed E-state index contributed by atoms with van der Waals surface area (Å²) in [5, 5.41) is 7.57. The number of hydrogen-bond acceptors (Lipinski definition) is 7. The van der Waals surface area contributed by atoms with E-state index in [0.717, 1.165) is 67.0 Å². The van der Waals surface area contributed by atoms with Gasteiger partial charge < -0.3 is 20.2 Å². The number of amides is 2. The highest BCUT2D eigenvalue weighted by atomic mass is 16.5. The summed E-state index contributed by atoms with van der Waals surface area (Å²) in [6.45, 7) is 5.89. The van der Waals surface area contributed by atoms with Crippen LogP contribution in [0.25, 0.3) is 11.3 Å². The number of hydrazine groups is 1. The van der Waals surface area contributed by atoms with Gasteiger partial charge in [-0.3, -0.25) is 9.88 Å². The van der Waals surface area contributed by atoms with Gasteiger partial charge in [-0.05, 0) is 49.6 Å². The molecule has 0 radical (unpaired) electrons. The summed E-state index contributed by atoms with van der Waals surface area (Å²) in [5.74, 6) is 0.837. The first kappa shape index (κ1) is 23.7. The average Bonchev–Trinajstić information content (AvgIpc) is 3.53. The minimum atomic E-state index is 0.0184. The van der Waals surface area contributed by atoms with Crippen molar-refractivity contribution >= 4 is 6.03 Å². The van der Waals surface area contributed by atoms with Gasteiger partial charge in [-0.2, -0.15) is 0 Å². The molecular formula is C28H33N7O2. The summed E-state index contributed by atoms with van der Waals surface area (Å²) in [6, 6.07) is 14.4. The first-order valence-corrected chi connectivity index (χ1v) is 13.1. The van der Waals surface area contributed by atoms with Gasteiger partial charge in [0.1, 0.15) is 0 Å². The second-order valence-corrected chi connectivity index (χ2v) is 10.1. The Hall–Kier alpha value is -3.69. The maximum Gasteiger partial charge on any atom is 0.317 e. The molecule has 3 aliphatic heterocycles. The highest BCUT2D eigenvalue weighted by Gasteiger charge is 2.33. The molecule has 2 atom stereocenters. The number of nitrogens with zero attached hydrogens (tertiary/aromatic N) is 4. The number of carbonyl (C=O) groups excluding carboxylic acids is 1. The Morgan fingerprint density at radius 1 is 1.16 bits per heavy atom. The monoisotopic (exact) mass is 499 g/mol. The van der Waals surface area contributed by atoms with Crippen molar-refractivity contribution in [1.29, 1.82) is 0 Å². The molecule has 1 saturated heterocycles. The molecule has 6 rings (SSSR count). The second kappa shape index (κ2) is 10.4. The quantitative estimate of drug-likeness (QED) is 0.494. The molecule has 1 fully saturated rings. The first-order valence-electron chi connectivity index (χ1n) is 13.1. The molecule has 1 unspecified atom stereocenters. The minimum Gasteiger partial charge on any atom is -0.356 e. The summed E-state index contributed by atoms with van der Waals surface area (Å²) in [6.07, 6.45) is 6.47. The molecule has 5 heterocycles. The van der Waals surface area contributed by atoms with E-state index in [0.29, 0.717) is 13.1 Å². The Balaban J connectivity index is 1.08. The number of likely N-dealkylation sites (tertiary alicyclic amines) is 1. The van der Waals surface area contributed by atoms with Crippen LogP contribution in [0.1, 0.15) is 42.1 Å². The van der Waals surface area contributed by atoms with Gasteiger partial charge in [-0.15, -0.1) is 0 Å². The van der Waals surface area contributed by atoms with E-state index >= 15 is 0 Å². The topological polar surface area (TPSA) is 98.6 Å². The molecule has 0 aliphatic carbocycles. The van der Waals surface area contributed by atoms with Gasteiger partial charge in [-0.1, -0.05) is 35.5 Å². The molecule has 0 bridgehead atoms. The van der Waals surface area contributed by atoms with Gasteiger partial charge in [-0.25, -0.2) is 10.2 Å². The summed E-state index contributed by atoms with van der Waals surface area (Å²) in [5.41, 5.74) is 13.4. The maximum absolute atomic E-state index is 13.3. The van der Waals surface area contributed by atoms with Gasteiger partial charge in [0.15, 0.2) is 5.76 Å². The Bertz CT molecular complexity index is 1270. The van der Waals surface area contributed by atoms with Crippen LogP contribution in [0.5, 0.6) is 0 Å². The molecule has 3 N–H and O–H groups in total. The molecular weight excluding hydrogens is 466 g/mol. The highest BCUT2D eigenvalue weighted by Crippen LogP contribution is 2.32. The van der Waals surface area contributed by atoms with E-state index in [-0.39, 0.29) is 18.1 Å². The third kappa shape index (κ3) is 4.97. The summed E-state index contributed by atoms with van der Waals surface area (Å²) in [7, 11) is 0. The minimum absolute atomic E-state index is 0.0184. The van der Waals surface area contributed by atoms with Gasteiger partial charge in [0.2, 0.25) is 0 Å². The van der Waals surface area contributed by atoms with Gasteiger partial charge in [0.05, 0.1) is 11.7 Å². The number of aromatic nitrogens is 2. The van der Waals surface area contributed by atoms with E-state index in [4.69, 9.17) is 4.52 Å². The lowest BCUT2D eigenvalue weighted by Gasteiger charge is -2.35. The molecule has 2 aromatic heterocycles. The van der Waals surface area contributed by atoms with Crippen molar-refractivity contribution in [2.75, 3.05) is 26.2 Å². The summed E-state index contributed by atoms with van der Waals surface area (Å²) < 4.78 is 5.70. The Morgan fingerprint density at radius 2 is 2.00 bits per heavy atom. The molecule has 9 heteroatoms. The van der Waals surface area contributed by atoms with Crippen molar-refractivity contribution in [3.63, 3.8) is 0 Å². The highest BCUT2D eigenvalue weighted by molar-refractivity contribution is 5.75. The third-order valence-electron chi connectivity index (χ3n) is 7.66. The smallest absolute Gasteiger partial charge is 0.317 e. The average molecular weight is 500 g/mol. The van der Waals surface area contributed by atoms with Crippen molar-refractivity contribution in [1.82, 2.24) is 36.1 Å². The van der Waals surface area contributed by atoms with Crippen LogP contribution in [-0.2, 0) is 6.54 Å². The first-order chi connectivity index (χ1) is 18.2. The fraction of sp³-hybridized carbons (Fsp3) is 0.393. The lowest BCUT2D eigenvalue weighted by Crippen LogP contribution is -2.52. The van der Waals surface area contributed by atoms with Gasteiger partial charge >= 0.3 is 6.03 Å². The number of nitrogens with one attached hydrogen (secondary N) is 3. The van der Waals surface area contributed by atoms with Crippen LogP contribution in [0, 0.1) is 6.92 Å². The molecule has 2 amide bonds. The molecule has 3 aliphatic rings. The molecule has 9 nitrogen and oxygen atoms in total. The molecule has 192 valence electrons. The summed E-state index contributed by atoms with van der Waals surface area (Å²) in [4.78, 5) is 21.8. The van der Waals surface area contributed by atoms with E-state index in [9.17, 15) is 4.79 Å². The van der Waals surface area contributed by atoms with Crippen LogP contribution in [0.4, 0.5) is 4.79 Å². The number of pyridine rings is 1. The third-order valence-corrected chi connectivity index (χ3v) is 7.66. The normalized spacial score (nSPS) is 22.0. The van der Waals surface area contributed by atoms with Gasteiger partial charge in [0, 0.05) is 67.9 Å². The van der Waals surface area contributed by atoms with Crippen molar-refractivity contribution in [2.24, 2.45) is 0 Å². The van der Waals surface area contributed by atoms with Crippen molar-refractivity contribution in [3.8, 4) is 11.3 Å². The lowest BCUT2D eigenvalue weighted by molar-refractivity contribution is 0.164. The van der Waals surface area contributed by atoms with E-state index in [2.05, 4.69) is 43.3 Å². The number of benzene rings is 1. The number of rotatable bonds is 5. The van der Waals surface area contributed by atoms with Crippen LogP contribution >= 0.6 is 0 Å². The number of piperidine rings is 1. The predicted octanol–water partition coefficient (Wildman–Crippen LogP) is 3.53. The van der Waals surface area contributed by atoms with Crippen LogP contribution in [0.3, 0.4) is 0 Å². The van der Waals surface area contributed by atoms with Gasteiger partial charge in [0.25, 0.3) is 0 Å². The number of carbonyl (C=O) groups is 1. The second-order valence-electron chi connectivity index (χ2n) is 10.1. The zero-order valence-electron chi connectivity index (χ0n) is 21.1. The van der Waals surface area contributed by atoms with E-state index in [1.165, 1.54) is 11.3 Å². The fourth-order valence-corrected chi connectivity index (χ4v) is 5.65. The van der Waals surface area contributed by atoms with Crippen LogP contribution in [-0.4, -0.2) is 58.2 Å². The van der Waals surface area contributed by atoms with Crippen molar-refractivity contribution in [2.45, 2.75) is 44.8 Å². The van der Waals surface area contributed by atoms with E-state index < -0.39 is 0 Å². The number of aryl methyl sites for hydroxylation is 1. The molecule has 1 aromatic carbocycles. The van der Waals surface area contributed by atoms with Crippen molar-refractivity contribution < 1.29 is 9.32 Å². The fourth-order valence-electron chi connectivity index (χ4n) is 5.65. The van der Waals surface area contributed by atoms with Crippen LogP contribution in [0.2, 0.25) is 0 Å². The number of urea groups is 1. The standard InChI is InChI=1S/C28H33N7O2/c1-19-23(27(37-33-19)21-6-3-2-4-7-21)17-34-14-5-8-22(16-34)30-28(36)35-15-11-25-24(18-35)26(32-31-25)20-9-12-29-13-10-20/h2-4,6-7,9-10,12-13,22,26,31-32H,5,8,11,14-18H2,1H3,(H,30,36)/t22-,26?/m1/s1. The Kier molecular flexibility index (Phi) is 6.63. The zero-order chi connectivity index (χ0) is 25.2. The van der Waals surface area contributed by atoms with E-state index in [1.54, 1.807) is 0 Å². The van der Waals surface area contributed by atoms with E-state index in [1.807, 2.05) is 54.5 Å². The maximum atomic E-state index is 13.3. The number of hydrogen-bond donors (Lipinski definition) is 3.